The van der Waals surface area contributed by atoms with Gasteiger partial charge in [0, 0.05) is 4.90 Å². The van der Waals surface area contributed by atoms with E-state index in [4.69, 9.17) is 0 Å². The van der Waals surface area contributed by atoms with Crippen LogP contribution in [0.25, 0.3) is 0 Å². The molecular weight excluding hydrogens is 252 g/mol. The number of hydrogen-bond acceptors (Lipinski definition) is 3. The highest BCUT2D eigenvalue weighted by Gasteiger charge is 2.21. The van der Waals surface area contributed by atoms with Gasteiger partial charge in [-0.25, -0.2) is 0 Å². The summed E-state index contributed by atoms with van der Waals surface area (Å²) in [6.07, 6.45) is 4.26. The predicted molar refractivity (Wildman–Crippen MR) is 83.3 cm³/mol. The molecule has 0 bridgehead atoms. The van der Waals surface area contributed by atoms with Crippen molar-refractivity contribution in [2.75, 3.05) is 12.3 Å². The summed E-state index contributed by atoms with van der Waals surface area (Å²) in [5, 5.41) is 12.6. The van der Waals surface area contributed by atoms with E-state index in [1.165, 1.54) is 4.90 Å². The number of nitrogens with one attached hydrogen (secondary N) is 1. The van der Waals surface area contributed by atoms with Crippen LogP contribution in [0.3, 0.4) is 0 Å². The molecule has 0 aliphatic carbocycles. The molecule has 0 saturated carbocycles. The SMILES string of the molecule is CCCNC(C)(C#N)CCCCSc1ccccc1. The summed E-state index contributed by atoms with van der Waals surface area (Å²) < 4.78 is 0. The maximum absolute atomic E-state index is 9.23. The van der Waals surface area contributed by atoms with Gasteiger partial charge in [0.05, 0.1) is 6.07 Å². The fourth-order valence-electron chi connectivity index (χ4n) is 1.87. The smallest absolute Gasteiger partial charge is 0.103 e. The van der Waals surface area contributed by atoms with Crippen LogP contribution in [0, 0.1) is 11.3 Å². The van der Waals surface area contributed by atoms with Gasteiger partial charge in [-0.1, -0.05) is 25.1 Å². The zero-order valence-electron chi connectivity index (χ0n) is 12.0. The lowest BCUT2D eigenvalue weighted by Crippen LogP contribution is -2.41. The summed E-state index contributed by atoms with van der Waals surface area (Å²) in [7, 11) is 0. The lowest BCUT2D eigenvalue weighted by Gasteiger charge is -2.22. The molecule has 1 aromatic carbocycles. The standard InChI is InChI=1S/C16H24N2S/c1-3-12-18-16(2,14-17)11-7-8-13-19-15-9-5-4-6-10-15/h4-6,9-10,18H,3,7-8,11-13H2,1-2H3. The first-order valence-corrected chi connectivity index (χ1v) is 8.03. The van der Waals surface area contributed by atoms with Gasteiger partial charge in [0.2, 0.25) is 0 Å². The first-order valence-electron chi connectivity index (χ1n) is 7.04. The van der Waals surface area contributed by atoms with E-state index < -0.39 is 0 Å². The molecule has 0 radical (unpaired) electrons. The van der Waals surface area contributed by atoms with Gasteiger partial charge < -0.3 is 0 Å². The Hall–Kier alpha value is -0.980. The van der Waals surface area contributed by atoms with E-state index in [-0.39, 0.29) is 5.54 Å². The molecule has 0 heterocycles. The van der Waals surface area contributed by atoms with Crippen LogP contribution in [0.2, 0.25) is 0 Å². The summed E-state index contributed by atoms with van der Waals surface area (Å²) in [5.74, 6) is 1.12. The van der Waals surface area contributed by atoms with Crippen molar-refractivity contribution < 1.29 is 0 Å². The van der Waals surface area contributed by atoms with E-state index in [9.17, 15) is 5.26 Å². The van der Waals surface area contributed by atoms with Crippen LogP contribution in [0.4, 0.5) is 0 Å². The molecule has 1 N–H and O–H groups in total. The second-order valence-electron chi connectivity index (χ2n) is 4.99. The Morgan fingerprint density at radius 1 is 1.26 bits per heavy atom. The molecule has 0 fully saturated rings. The zero-order chi connectivity index (χ0) is 14.0. The molecule has 19 heavy (non-hydrogen) atoms. The van der Waals surface area contributed by atoms with Crippen LogP contribution < -0.4 is 5.32 Å². The van der Waals surface area contributed by atoms with E-state index in [1.807, 2.05) is 24.8 Å². The van der Waals surface area contributed by atoms with E-state index in [1.54, 1.807) is 0 Å². The zero-order valence-corrected chi connectivity index (χ0v) is 12.8. The minimum absolute atomic E-state index is 0.354. The molecule has 0 saturated heterocycles. The minimum Gasteiger partial charge on any atom is -0.300 e. The molecule has 2 nitrogen and oxygen atoms in total. The summed E-state index contributed by atoms with van der Waals surface area (Å²) >= 11 is 1.89. The van der Waals surface area contributed by atoms with Crippen LogP contribution in [-0.2, 0) is 0 Å². The van der Waals surface area contributed by atoms with Crippen molar-refractivity contribution in [3.63, 3.8) is 0 Å². The third-order valence-electron chi connectivity index (χ3n) is 3.09. The first kappa shape index (κ1) is 16.1. The third-order valence-corrected chi connectivity index (χ3v) is 4.19. The quantitative estimate of drug-likeness (QED) is 0.541. The van der Waals surface area contributed by atoms with Crippen molar-refractivity contribution in [2.24, 2.45) is 0 Å². The minimum atomic E-state index is -0.354. The van der Waals surface area contributed by atoms with Crippen molar-refractivity contribution in [1.82, 2.24) is 5.32 Å². The molecule has 1 rings (SSSR count). The number of thioether (sulfide) groups is 1. The molecule has 3 heteroatoms. The number of hydrogen-bond donors (Lipinski definition) is 1. The number of nitrogens with zero attached hydrogens (tertiary/aromatic N) is 1. The topological polar surface area (TPSA) is 35.8 Å². The normalized spacial score (nSPS) is 13.7. The van der Waals surface area contributed by atoms with Crippen molar-refractivity contribution in [2.45, 2.75) is 50.0 Å². The van der Waals surface area contributed by atoms with Gasteiger partial charge in [-0.2, -0.15) is 5.26 Å². The summed E-state index contributed by atoms with van der Waals surface area (Å²) in [6, 6.07) is 12.9. The maximum atomic E-state index is 9.23. The second kappa shape index (κ2) is 9.01. The number of rotatable bonds is 9. The lowest BCUT2D eigenvalue weighted by atomic mass is 9.96. The first-order chi connectivity index (χ1) is 9.20. The summed E-state index contributed by atoms with van der Waals surface area (Å²) in [4.78, 5) is 1.33. The van der Waals surface area contributed by atoms with Crippen molar-refractivity contribution >= 4 is 11.8 Å². The average Bonchev–Trinajstić information content (AvgIpc) is 2.46. The number of unbranched alkanes of at least 4 members (excludes halogenated alkanes) is 1. The Labute approximate surface area is 121 Å². The van der Waals surface area contributed by atoms with Gasteiger partial charge in [0.1, 0.15) is 5.54 Å². The monoisotopic (exact) mass is 276 g/mol. The fraction of sp³-hybridized carbons (Fsp3) is 0.562. The maximum Gasteiger partial charge on any atom is 0.103 e. The molecular formula is C16H24N2S. The second-order valence-corrected chi connectivity index (χ2v) is 6.16. The third kappa shape index (κ3) is 6.66. The highest BCUT2D eigenvalue weighted by atomic mass is 32.2. The molecule has 1 aromatic rings. The average molecular weight is 276 g/mol. The lowest BCUT2D eigenvalue weighted by molar-refractivity contribution is 0.406. The van der Waals surface area contributed by atoms with Crippen LogP contribution in [-0.4, -0.2) is 17.8 Å². The van der Waals surface area contributed by atoms with Crippen molar-refractivity contribution in [1.29, 1.82) is 5.26 Å². The largest absolute Gasteiger partial charge is 0.300 e. The van der Waals surface area contributed by atoms with Gasteiger partial charge in [-0.15, -0.1) is 11.8 Å². The van der Waals surface area contributed by atoms with E-state index in [0.717, 1.165) is 38.0 Å². The predicted octanol–water partition coefficient (Wildman–Crippen LogP) is 4.23. The molecule has 0 aromatic heterocycles. The van der Waals surface area contributed by atoms with E-state index in [2.05, 4.69) is 42.6 Å². The molecule has 0 aliphatic rings. The van der Waals surface area contributed by atoms with Crippen LogP contribution in [0.15, 0.2) is 35.2 Å². The van der Waals surface area contributed by atoms with Crippen molar-refractivity contribution in [3.05, 3.63) is 30.3 Å². The van der Waals surface area contributed by atoms with Crippen molar-refractivity contribution in [3.8, 4) is 6.07 Å². The van der Waals surface area contributed by atoms with Gasteiger partial charge in [-0.3, -0.25) is 5.32 Å². The molecule has 1 atom stereocenters. The van der Waals surface area contributed by atoms with Gasteiger partial charge in [0.15, 0.2) is 0 Å². The number of benzene rings is 1. The van der Waals surface area contributed by atoms with E-state index in [0.29, 0.717) is 0 Å². The molecule has 1 unspecified atom stereocenters. The Bertz CT molecular complexity index is 385. The summed E-state index contributed by atoms with van der Waals surface area (Å²) in [6.45, 7) is 5.05. The van der Waals surface area contributed by atoms with Gasteiger partial charge >= 0.3 is 0 Å². The highest BCUT2D eigenvalue weighted by Crippen LogP contribution is 2.20. The Morgan fingerprint density at radius 2 is 2.00 bits per heavy atom. The number of nitriles is 1. The van der Waals surface area contributed by atoms with Gasteiger partial charge in [-0.05, 0) is 57.0 Å². The Kier molecular flexibility index (Phi) is 7.62. The summed E-state index contributed by atoms with van der Waals surface area (Å²) in [5.41, 5.74) is -0.354. The molecule has 104 valence electrons. The van der Waals surface area contributed by atoms with E-state index >= 15 is 0 Å². The Morgan fingerprint density at radius 3 is 2.63 bits per heavy atom. The van der Waals surface area contributed by atoms with Gasteiger partial charge in [0.25, 0.3) is 0 Å². The van der Waals surface area contributed by atoms with Crippen LogP contribution >= 0.6 is 11.8 Å². The van der Waals surface area contributed by atoms with Crippen LogP contribution in [0.1, 0.15) is 39.5 Å². The fourth-order valence-corrected chi connectivity index (χ4v) is 2.81. The van der Waals surface area contributed by atoms with Crippen LogP contribution in [0.5, 0.6) is 0 Å². The molecule has 0 amide bonds. The highest BCUT2D eigenvalue weighted by molar-refractivity contribution is 7.99. The molecule has 0 aliphatic heterocycles. The Balaban J connectivity index is 2.17. The molecule has 0 spiro atoms.